The fraction of sp³-hybridized carbons (Fsp3) is 0.190. The first-order valence-electron chi connectivity index (χ1n) is 9.90. The lowest BCUT2D eigenvalue weighted by Crippen LogP contribution is -2.21. The molecule has 0 fully saturated rings. The van der Waals surface area contributed by atoms with Crippen LogP contribution in [0.1, 0.15) is 11.1 Å². The summed E-state index contributed by atoms with van der Waals surface area (Å²) in [4.78, 5) is 0. The van der Waals surface area contributed by atoms with Gasteiger partial charge in [0, 0.05) is 6.54 Å². The van der Waals surface area contributed by atoms with Crippen molar-refractivity contribution in [3.8, 4) is 5.75 Å². The molecule has 0 saturated carbocycles. The van der Waals surface area contributed by atoms with Crippen LogP contribution in [0.3, 0.4) is 0 Å². The largest absolute Gasteiger partial charge is 0.496 e. The molecule has 4 rings (SSSR count). The molecule has 0 bridgehead atoms. The van der Waals surface area contributed by atoms with Gasteiger partial charge in [0.25, 0.3) is 10.0 Å². The topological polar surface area (TPSA) is 119 Å². The highest BCUT2D eigenvalue weighted by Gasteiger charge is 2.23. The van der Waals surface area contributed by atoms with Gasteiger partial charge in [-0.15, -0.1) is 11.3 Å². The third-order valence-electron chi connectivity index (χ3n) is 4.87. The monoisotopic (exact) mass is 540 g/mol. The number of halogens is 1. The summed E-state index contributed by atoms with van der Waals surface area (Å²) in [6.07, 6.45) is 1.10. The molecule has 4 aromatic rings. The van der Waals surface area contributed by atoms with Crippen molar-refractivity contribution in [3.63, 3.8) is 0 Å². The third kappa shape index (κ3) is 5.53. The molecular weight excluding hydrogens is 520 g/mol. The number of rotatable bonds is 9. The van der Waals surface area contributed by atoms with Gasteiger partial charge in [-0.2, -0.15) is 5.10 Å². The van der Waals surface area contributed by atoms with Gasteiger partial charge in [0.05, 0.1) is 35.1 Å². The first-order valence-corrected chi connectivity index (χ1v) is 14.5. The fourth-order valence-corrected chi connectivity index (χ4v) is 6.33. The summed E-state index contributed by atoms with van der Waals surface area (Å²) >= 11 is 6.86. The van der Waals surface area contributed by atoms with Crippen LogP contribution in [-0.2, 0) is 33.1 Å². The molecule has 13 heteroatoms. The van der Waals surface area contributed by atoms with Gasteiger partial charge in [-0.3, -0.25) is 9.40 Å². The Kier molecular flexibility index (Phi) is 6.87. The number of anilines is 1. The molecule has 0 atom stereocenters. The molecule has 34 heavy (non-hydrogen) atoms. The van der Waals surface area contributed by atoms with Crippen molar-refractivity contribution in [1.82, 2.24) is 14.5 Å². The van der Waals surface area contributed by atoms with E-state index in [-0.39, 0.29) is 16.6 Å². The lowest BCUT2D eigenvalue weighted by molar-refractivity contribution is 0.420. The van der Waals surface area contributed by atoms with Crippen LogP contribution in [0.25, 0.3) is 10.9 Å². The van der Waals surface area contributed by atoms with Crippen molar-refractivity contribution in [3.05, 3.63) is 70.1 Å². The van der Waals surface area contributed by atoms with E-state index in [9.17, 15) is 16.8 Å². The summed E-state index contributed by atoms with van der Waals surface area (Å²) in [5.74, 6) is 0.601. The molecular formula is C21H21ClN4O5S3. The zero-order chi connectivity index (χ0) is 24.5. The number of fused-ring (bicyclic) bond motifs is 1. The normalized spacial score (nSPS) is 12.2. The van der Waals surface area contributed by atoms with E-state index in [4.69, 9.17) is 16.3 Å². The van der Waals surface area contributed by atoms with Gasteiger partial charge in [0.15, 0.2) is 5.82 Å². The molecule has 2 N–H and O–H groups in total. The molecule has 0 aliphatic rings. The average Bonchev–Trinajstić information content (AvgIpc) is 3.36. The van der Waals surface area contributed by atoms with E-state index < -0.39 is 20.0 Å². The summed E-state index contributed by atoms with van der Waals surface area (Å²) in [6.45, 7) is 0.484. The predicted molar refractivity (Wildman–Crippen MR) is 134 cm³/mol. The maximum Gasteiger partial charge on any atom is 0.272 e. The Morgan fingerprint density at radius 3 is 2.47 bits per heavy atom. The summed E-state index contributed by atoms with van der Waals surface area (Å²) in [6, 6.07) is 15.7. The Hall–Kier alpha value is -2.64. The van der Waals surface area contributed by atoms with E-state index in [2.05, 4.69) is 14.5 Å². The summed E-state index contributed by atoms with van der Waals surface area (Å²) in [7, 11) is -5.73. The minimum Gasteiger partial charge on any atom is -0.496 e. The number of nitrogens with zero attached hydrogens (tertiary/aromatic N) is 2. The van der Waals surface area contributed by atoms with Crippen LogP contribution in [0.4, 0.5) is 5.82 Å². The van der Waals surface area contributed by atoms with Gasteiger partial charge in [0.2, 0.25) is 10.0 Å². The number of hydrogen-bond acceptors (Lipinski definition) is 7. The van der Waals surface area contributed by atoms with Crippen LogP contribution >= 0.6 is 22.9 Å². The Balaban J connectivity index is 1.71. The quantitative estimate of drug-likeness (QED) is 0.334. The Bertz CT molecular complexity index is 1560. The molecule has 0 radical (unpaired) electrons. The molecule has 2 aromatic carbocycles. The molecule has 180 valence electrons. The van der Waals surface area contributed by atoms with Crippen LogP contribution in [0.15, 0.2) is 58.8 Å². The summed E-state index contributed by atoms with van der Waals surface area (Å²) in [5, 5.41) is 5.05. The summed E-state index contributed by atoms with van der Waals surface area (Å²) in [5.41, 5.74) is 2.31. The van der Waals surface area contributed by atoms with Crippen LogP contribution < -0.4 is 14.2 Å². The first-order chi connectivity index (χ1) is 16.1. The molecule has 0 aliphatic carbocycles. The second-order valence-corrected chi connectivity index (χ2v) is 12.9. The highest BCUT2D eigenvalue weighted by Crippen LogP contribution is 2.35. The first kappa shape index (κ1) is 24.5. The van der Waals surface area contributed by atoms with E-state index in [0.29, 0.717) is 27.5 Å². The number of aromatic nitrogens is 2. The van der Waals surface area contributed by atoms with E-state index in [1.54, 1.807) is 16.8 Å². The van der Waals surface area contributed by atoms with Gasteiger partial charge in [-0.1, -0.05) is 41.9 Å². The molecule has 0 amide bonds. The predicted octanol–water partition coefficient (Wildman–Crippen LogP) is 3.66. The van der Waals surface area contributed by atoms with Crippen LogP contribution in [0.2, 0.25) is 4.34 Å². The number of nitrogens with one attached hydrogen (secondary N) is 2. The van der Waals surface area contributed by atoms with Crippen molar-refractivity contribution in [2.24, 2.45) is 0 Å². The Morgan fingerprint density at radius 1 is 1.06 bits per heavy atom. The molecule has 0 aliphatic heterocycles. The Morgan fingerprint density at radius 2 is 1.79 bits per heavy atom. The van der Waals surface area contributed by atoms with Gasteiger partial charge in [0.1, 0.15) is 9.96 Å². The van der Waals surface area contributed by atoms with Crippen molar-refractivity contribution in [1.29, 1.82) is 0 Å². The minimum absolute atomic E-state index is 0.0705. The summed E-state index contributed by atoms with van der Waals surface area (Å²) < 4.78 is 61.2. The second kappa shape index (κ2) is 9.55. The van der Waals surface area contributed by atoms with E-state index in [1.165, 1.54) is 19.2 Å². The van der Waals surface area contributed by atoms with Crippen LogP contribution in [-0.4, -0.2) is 40.0 Å². The number of benzene rings is 2. The van der Waals surface area contributed by atoms with E-state index in [1.807, 2.05) is 30.3 Å². The molecule has 9 nitrogen and oxygen atoms in total. The molecule has 0 unspecified atom stereocenters. The zero-order valence-electron chi connectivity index (χ0n) is 18.1. The lowest BCUT2D eigenvalue weighted by atomic mass is 10.1. The second-order valence-electron chi connectivity index (χ2n) is 7.44. The van der Waals surface area contributed by atoms with E-state index >= 15 is 0 Å². The SMILES string of the molecule is COc1cccc2c1c(NS(=O)(=O)c1ccc(Cl)s1)nn2Cc1cccc(CNS(C)(=O)=O)c1. The van der Waals surface area contributed by atoms with Gasteiger partial charge >= 0.3 is 0 Å². The van der Waals surface area contributed by atoms with Gasteiger partial charge in [-0.25, -0.2) is 21.6 Å². The third-order valence-corrected chi connectivity index (χ3v) is 8.60. The highest BCUT2D eigenvalue weighted by molar-refractivity contribution is 7.94. The van der Waals surface area contributed by atoms with Gasteiger partial charge in [-0.05, 0) is 35.4 Å². The van der Waals surface area contributed by atoms with Gasteiger partial charge < -0.3 is 4.74 Å². The molecule has 0 saturated heterocycles. The number of methoxy groups -OCH3 is 1. The number of thiophene rings is 1. The minimum atomic E-state index is -3.91. The Labute approximate surface area is 206 Å². The van der Waals surface area contributed by atoms with Crippen molar-refractivity contribution in [2.75, 3.05) is 18.1 Å². The maximum absolute atomic E-state index is 12.9. The van der Waals surface area contributed by atoms with Crippen molar-refractivity contribution in [2.45, 2.75) is 17.3 Å². The maximum atomic E-state index is 12.9. The molecule has 2 heterocycles. The van der Waals surface area contributed by atoms with Crippen LogP contribution in [0.5, 0.6) is 5.75 Å². The van der Waals surface area contributed by atoms with Crippen LogP contribution in [0, 0.1) is 0 Å². The number of hydrogen-bond donors (Lipinski definition) is 2. The molecule has 0 spiro atoms. The molecule has 2 aromatic heterocycles. The number of sulfonamides is 2. The van der Waals surface area contributed by atoms with E-state index in [0.717, 1.165) is 28.7 Å². The average molecular weight is 541 g/mol. The lowest BCUT2D eigenvalue weighted by Gasteiger charge is -2.08. The standard InChI is InChI=1S/C21H21ClN4O5S3/c1-31-17-8-4-7-16-20(17)21(25-34(29,30)19-10-9-18(22)32-19)24-26(16)13-15-6-3-5-14(11-15)12-23-33(2,27)28/h3-11,23H,12-13H2,1-2H3,(H,24,25). The van der Waals surface area contributed by atoms with Crippen molar-refractivity contribution >= 4 is 59.7 Å². The van der Waals surface area contributed by atoms with Crippen molar-refractivity contribution < 1.29 is 21.6 Å². The fourth-order valence-electron chi connectivity index (χ4n) is 3.40. The highest BCUT2D eigenvalue weighted by atomic mass is 35.5. The smallest absolute Gasteiger partial charge is 0.272 e. The zero-order valence-corrected chi connectivity index (χ0v) is 21.4. The number of ether oxygens (including phenoxy) is 1.